The first kappa shape index (κ1) is 15.8. The molecule has 0 aromatic carbocycles. The standard InChI is InChI=1S/C16H21ClN6/c1-22(2)16-9-15(19-11-20-16)21-12-4-7-23(8-5-12)14-3-6-18-10-13(14)17/h3,6,9-12H,4-5,7-8H2,1-2H3,(H,19,20,21). The second-order valence-electron chi connectivity index (χ2n) is 5.89. The number of piperidine rings is 1. The van der Waals surface area contributed by atoms with Crippen LogP contribution in [0.2, 0.25) is 5.02 Å². The van der Waals surface area contributed by atoms with Crippen LogP contribution < -0.4 is 15.1 Å². The smallest absolute Gasteiger partial charge is 0.133 e. The number of pyridine rings is 1. The molecular formula is C16H21ClN6. The van der Waals surface area contributed by atoms with Gasteiger partial charge in [-0.3, -0.25) is 4.98 Å². The number of halogens is 1. The SMILES string of the molecule is CN(C)c1cc(NC2CCN(c3ccncc3Cl)CC2)ncn1. The van der Waals surface area contributed by atoms with Crippen LogP contribution >= 0.6 is 11.6 Å². The van der Waals surface area contributed by atoms with Crippen LogP contribution in [0.25, 0.3) is 0 Å². The lowest BCUT2D eigenvalue weighted by Crippen LogP contribution is -2.39. The number of hydrogen-bond acceptors (Lipinski definition) is 6. The summed E-state index contributed by atoms with van der Waals surface area (Å²) >= 11 is 6.23. The molecule has 0 bridgehead atoms. The van der Waals surface area contributed by atoms with Gasteiger partial charge in [-0.15, -0.1) is 0 Å². The van der Waals surface area contributed by atoms with Crippen molar-refractivity contribution in [2.45, 2.75) is 18.9 Å². The fraction of sp³-hybridized carbons (Fsp3) is 0.438. The van der Waals surface area contributed by atoms with Crippen LogP contribution in [0.15, 0.2) is 30.9 Å². The Morgan fingerprint density at radius 1 is 1.26 bits per heavy atom. The van der Waals surface area contributed by atoms with E-state index in [1.165, 1.54) is 0 Å². The first-order chi connectivity index (χ1) is 11.1. The summed E-state index contributed by atoms with van der Waals surface area (Å²) in [4.78, 5) is 16.9. The second kappa shape index (κ2) is 7.00. The van der Waals surface area contributed by atoms with Crippen LogP contribution in [-0.4, -0.2) is 48.2 Å². The van der Waals surface area contributed by atoms with Crippen LogP contribution in [0.4, 0.5) is 17.3 Å². The summed E-state index contributed by atoms with van der Waals surface area (Å²) < 4.78 is 0. The van der Waals surface area contributed by atoms with E-state index in [4.69, 9.17) is 11.6 Å². The minimum absolute atomic E-state index is 0.414. The Morgan fingerprint density at radius 2 is 2.04 bits per heavy atom. The van der Waals surface area contributed by atoms with Gasteiger partial charge >= 0.3 is 0 Å². The number of nitrogens with zero attached hydrogens (tertiary/aromatic N) is 5. The summed E-state index contributed by atoms with van der Waals surface area (Å²) in [6, 6.07) is 4.37. The Balaban J connectivity index is 1.59. The second-order valence-corrected chi connectivity index (χ2v) is 6.30. The van der Waals surface area contributed by atoms with Crippen molar-refractivity contribution >= 4 is 28.9 Å². The summed E-state index contributed by atoms with van der Waals surface area (Å²) in [6.07, 6.45) is 7.17. The van der Waals surface area contributed by atoms with Crippen molar-refractivity contribution in [3.05, 3.63) is 35.9 Å². The lowest BCUT2D eigenvalue weighted by atomic mass is 10.0. The predicted octanol–water partition coefficient (Wildman–Crippen LogP) is 2.67. The normalized spacial score (nSPS) is 15.5. The van der Waals surface area contributed by atoms with Crippen molar-refractivity contribution in [1.29, 1.82) is 0 Å². The van der Waals surface area contributed by atoms with E-state index in [0.29, 0.717) is 11.1 Å². The van der Waals surface area contributed by atoms with Crippen LogP contribution in [0, 0.1) is 0 Å². The lowest BCUT2D eigenvalue weighted by Gasteiger charge is -2.34. The fourth-order valence-electron chi connectivity index (χ4n) is 2.77. The largest absolute Gasteiger partial charge is 0.370 e. The molecule has 2 aromatic rings. The Morgan fingerprint density at radius 3 is 2.74 bits per heavy atom. The van der Waals surface area contributed by atoms with Gasteiger partial charge in [0, 0.05) is 51.7 Å². The molecule has 1 aliphatic rings. The van der Waals surface area contributed by atoms with Gasteiger partial charge in [-0.25, -0.2) is 9.97 Å². The maximum Gasteiger partial charge on any atom is 0.133 e. The molecular weight excluding hydrogens is 312 g/mol. The highest BCUT2D eigenvalue weighted by molar-refractivity contribution is 6.33. The molecule has 122 valence electrons. The van der Waals surface area contributed by atoms with E-state index in [1.807, 2.05) is 31.1 Å². The summed E-state index contributed by atoms with van der Waals surface area (Å²) in [5.41, 5.74) is 1.07. The molecule has 23 heavy (non-hydrogen) atoms. The molecule has 6 nitrogen and oxygen atoms in total. The molecule has 1 saturated heterocycles. The maximum absolute atomic E-state index is 6.23. The monoisotopic (exact) mass is 332 g/mol. The molecule has 1 aliphatic heterocycles. The zero-order chi connectivity index (χ0) is 16.2. The first-order valence-electron chi connectivity index (χ1n) is 7.74. The Kier molecular flexibility index (Phi) is 4.81. The highest BCUT2D eigenvalue weighted by atomic mass is 35.5. The van der Waals surface area contributed by atoms with E-state index in [9.17, 15) is 0 Å². The van der Waals surface area contributed by atoms with Crippen LogP contribution in [-0.2, 0) is 0 Å². The minimum atomic E-state index is 0.414. The van der Waals surface area contributed by atoms with E-state index in [2.05, 4.69) is 25.2 Å². The number of nitrogens with one attached hydrogen (secondary N) is 1. The van der Waals surface area contributed by atoms with Gasteiger partial charge in [0.2, 0.25) is 0 Å². The Hall–Kier alpha value is -2.08. The van der Waals surface area contributed by atoms with Crippen molar-refractivity contribution in [3.63, 3.8) is 0 Å². The number of hydrogen-bond donors (Lipinski definition) is 1. The summed E-state index contributed by atoms with van der Waals surface area (Å²) in [7, 11) is 3.95. The van der Waals surface area contributed by atoms with Crippen LogP contribution in [0.1, 0.15) is 12.8 Å². The van der Waals surface area contributed by atoms with Crippen molar-refractivity contribution in [1.82, 2.24) is 15.0 Å². The molecule has 3 heterocycles. The topological polar surface area (TPSA) is 57.2 Å². The zero-order valence-corrected chi connectivity index (χ0v) is 14.2. The molecule has 0 amide bonds. The van der Waals surface area contributed by atoms with Gasteiger partial charge in [-0.2, -0.15) is 0 Å². The summed E-state index contributed by atoms with van der Waals surface area (Å²) in [6.45, 7) is 1.93. The third kappa shape index (κ3) is 3.82. The van der Waals surface area contributed by atoms with Crippen molar-refractivity contribution in [3.8, 4) is 0 Å². The third-order valence-electron chi connectivity index (χ3n) is 4.05. The van der Waals surface area contributed by atoms with E-state index >= 15 is 0 Å². The molecule has 0 atom stereocenters. The average Bonchev–Trinajstić information content (AvgIpc) is 2.56. The van der Waals surface area contributed by atoms with Gasteiger partial charge in [-0.1, -0.05) is 11.6 Å². The minimum Gasteiger partial charge on any atom is -0.370 e. The zero-order valence-electron chi connectivity index (χ0n) is 13.4. The molecule has 7 heteroatoms. The first-order valence-corrected chi connectivity index (χ1v) is 8.11. The molecule has 1 fully saturated rings. The van der Waals surface area contributed by atoms with E-state index < -0.39 is 0 Å². The summed E-state index contributed by atoms with van der Waals surface area (Å²) in [5.74, 6) is 1.78. The van der Waals surface area contributed by atoms with Crippen molar-refractivity contribution in [2.24, 2.45) is 0 Å². The molecule has 0 saturated carbocycles. The molecule has 0 radical (unpaired) electrons. The van der Waals surface area contributed by atoms with E-state index in [0.717, 1.165) is 43.3 Å². The van der Waals surface area contributed by atoms with E-state index in [1.54, 1.807) is 18.7 Å². The number of anilines is 3. The Bertz CT molecular complexity index is 655. The van der Waals surface area contributed by atoms with Gasteiger partial charge in [0.25, 0.3) is 0 Å². The lowest BCUT2D eigenvalue weighted by molar-refractivity contribution is 0.525. The fourth-order valence-corrected chi connectivity index (χ4v) is 3.01. The number of aromatic nitrogens is 3. The Labute approximate surface area is 141 Å². The quantitative estimate of drug-likeness (QED) is 0.929. The predicted molar refractivity (Wildman–Crippen MR) is 94.5 cm³/mol. The average molecular weight is 333 g/mol. The van der Waals surface area contributed by atoms with Gasteiger partial charge in [-0.05, 0) is 18.9 Å². The molecule has 2 aromatic heterocycles. The van der Waals surface area contributed by atoms with Crippen molar-refractivity contribution in [2.75, 3.05) is 42.3 Å². The van der Waals surface area contributed by atoms with Gasteiger partial charge in [0.15, 0.2) is 0 Å². The summed E-state index contributed by atoms with van der Waals surface area (Å²) in [5, 5.41) is 4.23. The number of rotatable bonds is 4. The van der Waals surface area contributed by atoms with Gasteiger partial charge in [0.05, 0.1) is 10.7 Å². The third-order valence-corrected chi connectivity index (χ3v) is 4.34. The highest BCUT2D eigenvalue weighted by Gasteiger charge is 2.21. The van der Waals surface area contributed by atoms with Crippen LogP contribution in [0.3, 0.4) is 0 Å². The highest BCUT2D eigenvalue weighted by Crippen LogP contribution is 2.27. The molecule has 0 spiro atoms. The van der Waals surface area contributed by atoms with E-state index in [-0.39, 0.29) is 0 Å². The maximum atomic E-state index is 6.23. The van der Waals surface area contributed by atoms with Crippen LogP contribution in [0.5, 0.6) is 0 Å². The molecule has 3 rings (SSSR count). The molecule has 0 unspecified atom stereocenters. The van der Waals surface area contributed by atoms with Gasteiger partial charge in [0.1, 0.15) is 18.0 Å². The molecule has 1 N–H and O–H groups in total. The molecule has 0 aliphatic carbocycles. The van der Waals surface area contributed by atoms with Gasteiger partial charge < -0.3 is 15.1 Å². The van der Waals surface area contributed by atoms with Crippen molar-refractivity contribution < 1.29 is 0 Å².